The van der Waals surface area contributed by atoms with Crippen molar-refractivity contribution in [3.8, 4) is 0 Å². The van der Waals surface area contributed by atoms with E-state index in [9.17, 15) is 10.1 Å². The summed E-state index contributed by atoms with van der Waals surface area (Å²) in [5, 5.41) is 11.2. The topological polar surface area (TPSA) is 46.4 Å². The van der Waals surface area contributed by atoms with Crippen LogP contribution in [0, 0.1) is 16.0 Å². The Morgan fingerprint density at radius 1 is 1.18 bits per heavy atom. The Kier molecular flexibility index (Phi) is 4.76. The van der Waals surface area contributed by atoms with E-state index in [1.807, 2.05) is 30.3 Å². The summed E-state index contributed by atoms with van der Waals surface area (Å²) >= 11 is 0. The smallest absolute Gasteiger partial charge is 0.211 e. The van der Waals surface area contributed by atoms with Gasteiger partial charge in [-0.05, 0) is 37.7 Å². The van der Waals surface area contributed by atoms with Crippen LogP contribution in [0.25, 0.3) is 0 Å². The zero-order valence-corrected chi connectivity index (χ0v) is 13.0. The van der Waals surface area contributed by atoms with Crippen molar-refractivity contribution in [3.63, 3.8) is 0 Å². The van der Waals surface area contributed by atoms with Crippen molar-refractivity contribution in [2.45, 2.75) is 38.0 Å². The lowest BCUT2D eigenvalue weighted by molar-refractivity contribution is -0.484. The van der Waals surface area contributed by atoms with Gasteiger partial charge in [-0.2, -0.15) is 0 Å². The van der Waals surface area contributed by atoms with Gasteiger partial charge in [-0.1, -0.05) is 36.4 Å². The van der Waals surface area contributed by atoms with Crippen LogP contribution in [0.5, 0.6) is 0 Å². The highest BCUT2D eigenvalue weighted by atomic mass is 16.6. The maximum absolute atomic E-state index is 11.2. The molecule has 1 saturated heterocycles. The first-order valence-corrected chi connectivity index (χ1v) is 8.37. The van der Waals surface area contributed by atoms with Gasteiger partial charge in [0, 0.05) is 29.6 Å². The van der Waals surface area contributed by atoms with Crippen molar-refractivity contribution in [2.75, 3.05) is 19.6 Å². The van der Waals surface area contributed by atoms with E-state index in [2.05, 4.69) is 11.0 Å². The molecule has 0 bridgehead atoms. The van der Waals surface area contributed by atoms with Crippen molar-refractivity contribution in [3.05, 3.63) is 57.8 Å². The first kappa shape index (κ1) is 15.1. The van der Waals surface area contributed by atoms with Crippen LogP contribution in [0.4, 0.5) is 0 Å². The summed E-state index contributed by atoms with van der Waals surface area (Å²) in [4.78, 5) is 13.6. The Bertz CT molecular complexity index is 535. The monoisotopic (exact) mass is 300 g/mol. The minimum absolute atomic E-state index is 0.0108. The number of hydrogen-bond acceptors (Lipinski definition) is 3. The molecule has 2 aliphatic rings. The Labute approximate surface area is 132 Å². The van der Waals surface area contributed by atoms with Gasteiger partial charge < -0.3 is 4.90 Å². The van der Waals surface area contributed by atoms with Gasteiger partial charge in [0.15, 0.2) is 0 Å². The van der Waals surface area contributed by atoms with E-state index in [4.69, 9.17) is 0 Å². The number of likely N-dealkylation sites (tertiary alicyclic amines) is 1. The molecule has 2 atom stereocenters. The Morgan fingerprint density at radius 2 is 1.91 bits per heavy atom. The number of benzene rings is 1. The first-order valence-electron chi connectivity index (χ1n) is 8.37. The highest BCUT2D eigenvalue weighted by Crippen LogP contribution is 2.39. The molecule has 3 rings (SSSR count). The van der Waals surface area contributed by atoms with Crippen LogP contribution < -0.4 is 0 Å². The van der Waals surface area contributed by atoms with Gasteiger partial charge in [-0.25, -0.2) is 0 Å². The molecule has 0 saturated carbocycles. The van der Waals surface area contributed by atoms with Crippen molar-refractivity contribution in [1.82, 2.24) is 4.90 Å². The van der Waals surface area contributed by atoms with E-state index in [-0.39, 0.29) is 17.4 Å². The maximum atomic E-state index is 11.2. The molecule has 1 aromatic rings. The van der Waals surface area contributed by atoms with Crippen LogP contribution in [0.15, 0.2) is 42.1 Å². The van der Waals surface area contributed by atoms with Crippen LogP contribution >= 0.6 is 0 Å². The molecule has 1 aliphatic heterocycles. The SMILES string of the molecule is O=[N+]([O-])CC(c1ccccc1)C1CCCC=C1N1CCCC1. The number of nitro groups is 1. The van der Waals surface area contributed by atoms with E-state index in [0.29, 0.717) is 5.92 Å². The van der Waals surface area contributed by atoms with Crippen molar-refractivity contribution in [1.29, 1.82) is 0 Å². The third-order valence-corrected chi connectivity index (χ3v) is 4.98. The second kappa shape index (κ2) is 6.95. The molecule has 22 heavy (non-hydrogen) atoms. The molecule has 1 aliphatic carbocycles. The molecule has 0 aromatic heterocycles. The summed E-state index contributed by atoms with van der Waals surface area (Å²) in [6, 6.07) is 10.0. The fraction of sp³-hybridized carbons (Fsp3) is 0.556. The molecule has 1 heterocycles. The number of nitrogens with zero attached hydrogens (tertiary/aromatic N) is 2. The van der Waals surface area contributed by atoms with Gasteiger partial charge in [0.1, 0.15) is 0 Å². The molecule has 4 heteroatoms. The highest BCUT2D eigenvalue weighted by Gasteiger charge is 2.34. The Morgan fingerprint density at radius 3 is 2.59 bits per heavy atom. The molecular formula is C18H24N2O2. The predicted octanol–water partition coefficient (Wildman–Crippen LogP) is 3.83. The van der Waals surface area contributed by atoms with E-state index in [0.717, 1.165) is 37.9 Å². The largest absolute Gasteiger partial charge is 0.375 e. The van der Waals surface area contributed by atoms with Crippen LogP contribution in [-0.4, -0.2) is 29.5 Å². The highest BCUT2D eigenvalue weighted by molar-refractivity contribution is 5.25. The molecule has 0 N–H and O–H groups in total. The van der Waals surface area contributed by atoms with Gasteiger partial charge in [0.2, 0.25) is 6.54 Å². The molecule has 0 spiro atoms. The lowest BCUT2D eigenvalue weighted by Crippen LogP contribution is -2.32. The molecule has 1 fully saturated rings. The Hall–Kier alpha value is -1.84. The molecule has 1 aromatic carbocycles. The summed E-state index contributed by atoms with van der Waals surface area (Å²) in [7, 11) is 0. The third kappa shape index (κ3) is 3.32. The van der Waals surface area contributed by atoms with Crippen LogP contribution in [0.1, 0.15) is 43.6 Å². The fourth-order valence-electron chi connectivity index (χ4n) is 3.96. The second-order valence-electron chi connectivity index (χ2n) is 6.39. The third-order valence-electron chi connectivity index (χ3n) is 4.98. The van der Waals surface area contributed by atoms with Gasteiger partial charge in [-0.3, -0.25) is 10.1 Å². The summed E-state index contributed by atoms with van der Waals surface area (Å²) < 4.78 is 0. The summed E-state index contributed by atoms with van der Waals surface area (Å²) in [5.74, 6) is 0.281. The van der Waals surface area contributed by atoms with E-state index in [1.165, 1.54) is 18.5 Å². The van der Waals surface area contributed by atoms with Crippen molar-refractivity contribution >= 4 is 0 Å². The maximum Gasteiger partial charge on any atom is 0.211 e. The number of rotatable bonds is 5. The average Bonchev–Trinajstić information content (AvgIpc) is 3.08. The number of allylic oxidation sites excluding steroid dienone is 2. The normalized spacial score (nSPS) is 23.2. The molecule has 0 radical (unpaired) electrons. The molecule has 2 unspecified atom stereocenters. The molecule has 4 nitrogen and oxygen atoms in total. The van der Waals surface area contributed by atoms with Gasteiger partial charge >= 0.3 is 0 Å². The summed E-state index contributed by atoms with van der Waals surface area (Å²) in [5.41, 5.74) is 2.48. The van der Waals surface area contributed by atoms with Gasteiger partial charge in [0.25, 0.3) is 0 Å². The molecular weight excluding hydrogens is 276 g/mol. The van der Waals surface area contributed by atoms with E-state index < -0.39 is 0 Å². The lowest BCUT2D eigenvalue weighted by atomic mass is 9.77. The van der Waals surface area contributed by atoms with Crippen molar-refractivity contribution in [2.24, 2.45) is 5.92 Å². The predicted molar refractivity (Wildman–Crippen MR) is 87.3 cm³/mol. The van der Waals surface area contributed by atoms with Crippen LogP contribution in [0.2, 0.25) is 0 Å². The summed E-state index contributed by atoms with van der Waals surface area (Å²) in [6.07, 6.45) is 8.15. The zero-order valence-electron chi connectivity index (χ0n) is 13.0. The summed E-state index contributed by atoms with van der Waals surface area (Å²) in [6.45, 7) is 2.25. The molecule has 118 valence electrons. The van der Waals surface area contributed by atoms with Gasteiger partial charge in [0.05, 0.1) is 5.92 Å². The second-order valence-corrected chi connectivity index (χ2v) is 6.39. The van der Waals surface area contributed by atoms with E-state index in [1.54, 1.807) is 0 Å². The van der Waals surface area contributed by atoms with Crippen LogP contribution in [0.3, 0.4) is 0 Å². The average molecular weight is 300 g/mol. The van der Waals surface area contributed by atoms with E-state index >= 15 is 0 Å². The first-order chi connectivity index (χ1) is 10.8. The lowest BCUT2D eigenvalue weighted by Gasteiger charge is -2.35. The molecule has 0 amide bonds. The standard InChI is InChI=1S/C18H24N2O2/c21-20(22)14-17(15-8-2-1-3-9-15)16-10-4-5-11-18(16)19-12-6-7-13-19/h1-3,8-9,11,16-17H,4-7,10,12-14H2. The van der Waals surface area contributed by atoms with Crippen molar-refractivity contribution < 1.29 is 4.92 Å². The minimum Gasteiger partial charge on any atom is -0.375 e. The Balaban J connectivity index is 1.89. The number of hydrogen-bond donors (Lipinski definition) is 0. The van der Waals surface area contributed by atoms with Gasteiger partial charge in [-0.15, -0.1) is 0 Å². The minimum atomic E-state index is -0.145. The zero-order chi connectivity index (χ0) is 15.4. The van der Waals surface area contributed by atoms with Crippen LogP contribution in [-0.2, 0) is 0 Å². The quantitative estimate of drug-likeness (QED) is 0.613. The fourth-order valence-corrected chi connectivity index (χ4v) is 3.96.